The van der Waals surface area contributed by atoms with Crippen LogP contribution < -0.4 is 9.62 Å². The second-order valence-corrected chi connectivity index (χ2v) is 11.6. The van der Waals surface area contributed by atoms with Gasteiger partial charge in [0.25, 0.3) is 0 Å². The molecule has 2 aromatic rings. The zero-order chi connectivity index (χ0) is 25.5. The molecule has 0 saturated carbocycles. The number of anilines is 1. The van der Waals surface area contributed by atoms with Crippen molar-refractivity contribution >= 4 is 43.5 Å². The Morgan fingerprint density at radius 1 is 1.06 bits per heavy atom. The third kappa shape index (κ3) is 7.84. The highest BCUT2D eigenvalue weighted by Gasteiger charge is 2.32. The highest BCUT2D eigenvalue weighted by Crippen LogP contribution is 2.28. The van der Waals surface area contributed by atoms with Gasteiger partial charge in [-0.25, -0.2) is 8.42 Å². The summed E-state index contributed by atoms with van der Waals surface area (Å²) in [6.07, 6.45) is 1.46. The number of nitrogens with zero attached hydrogens (tertiary/aromatic N) is 2. The average Bonchev–Trinajstić information content (AvgIpc) is 2.77. The normalized spacial score (nSPS) is 12.3. The van der Waals surface area contributed by atoms with Crippen molar-refractivity contribution in [2.45, 2.75) is 46.7 Å². The summed E-state index contributed by atoms with van der Waals surface area (Å²) in [5.74, 6) is -0.435. The minimum atomic E-state index is -3.77. The predicted molar refractivity (Wildman–Crippen MR) is 140 cm³/mol. The molecule has 0 aromatic heterocycles. The average molecular weight is 553 g/mol. The van der Waals surface area contributed by atoms with Crippen molar-refractivity contribution in [3.63, 3.8) is 0 Å². The Hall–Kier alpha value is -2.39. The summed E-state index contributed by atoms with van der Waals surface area (Å²) in [5, 5.41) is 2.92. The molecule has 2 amide bonds. The third-order valence-electron chi connectivity index (χ3n) is 5.34. The number of hydrogen-bond donors (Lipinski definition) is 1. The summed E-state index contributed by atoms with van der Waals surface area (Å²) in [6, 6.07) is 13.8. The molecule has 34 heavy (non-hydrogen) atoms. The molecule has 7 nitrogen and oxygen atoms in total. The van der Waals surface area contributed by atoms with Crippen LogP contribution in [0.5, 0.6) is 0 Å². The molecule has 0 saturated heterocycles. The predicted octanol–water partition coefficient (Wildman–Crippen LogP) is 4.10. The maximum Gasteiger partial charge on any atom is 0.244 e. The van der Waals surface area contributed by atoms with Gasteiger partial charge in [0.2, 0.25) is 21.8 Å². The summed E-state index contributed by atoms with van der Waals surface area (Å²) in [6.45, 7) is 8.09. The van der Waals surface area contributed by atoms with Gasteiger partial charge >= 0.3 is 0 Å². The van der Waals surface area contributed by atoms with E-state index < -0.39 is 28.5 Å². The summed E-state index contributed by atoms with van der Waals surface area (Å²) < 4.78 is 26.9. The zero-order valence-electron chi connectivity index (χ0n) is 20.4. The number of nitrogens with one attached hydrogen (secondary N) is 1. The van der Waals surface area contributed by atoms with Crippen LogP contribution in [0.4, 0.5) is 5.69 Å². The summed E-state index contributed by atoms with van der Waals surface area (Å²) in [7, 11) is -3.77. The lowest BCUT2D eigenvalue weighted by atomic mass is 10.1. The molecule has 0 bridgehead atoms. The number of para-hydroxylation sites is 1. The Bertz CT molecular complexity index is 1090. The summed E-state index contributed by atoms with van der Waals surface area (Å²) >= 11 is 3.38. The van der Waals surface area contributed by atoms with Gasteiger partial charge in [-0.1, -0.05) is 62.7 Å². The first kappa shape index (κ1) is 27.9. The van der Waals surface area contributed by atoms with Crippen LogP contribution in [0.1, 0.15) is 38.3 Å². The fraction of sp³-hybridized carbons (Fsp3) is 0.440. The molecule has 0 aliphatic carbocycles. The van der Waals surface area contributed by atoms with Gasteiger partial charge in [0.05, 0.1) is 11.9 Å². The standard InChI is InChI=1S/C25H34BrN3O4S/c1-6-22(25(31)27-15-18(2)3)28(16-20-13-11-19(4)12-14-20)24(30)17-29(34(5,32)33)23-10-8-7-9-21(23)26/h7-14,18,22H,6,15-17H2,1-5H3,(H,27,31)/t22-/m1/s1. The number of amides is 2. The van der Waals surface area contributed by atoms with E-state index in [2.05, 4.69) is 21.2 Å². The molecular formula is C25H34BrN3O4S. The lowest BCUT2D eigenvalue weighted by molar-refractivity contribution is -0.140. The zero-order valence-corrected chi connectivity index (χ0v) is 22.8. The summed E-state index contributed by atoms with van der Waals surface area (Å²) in [5.41, 5.74) is 2.31. The van der Waals surface area contributed by atoms with E-state index in [1.165, 1.54) is 4.90 Å². The fourth-order valence-electron chi connectivity index (χ4n) is 3.48. The van der Waals surface area contributed by atoms with Crippen molar-refractivity contribution in [3.05, 3.63) is 64.1 Å². The fourth-order valence-corrected chi connectivity index (χ4v) is 4.96. The van der Waals surface area contributed by atoms with Gasteiger partial charge in [0, 0.05) is 17.6 Å². The van der Waals surface area contributed by atoms with E-state index in [4.69, 9.17) is 0 Å². The van der Waals surface area contributed by atoms with Crippen molar-refractivity contribution in [1.29, 1.82) is 0 Å². The summed E-state index contributed by atoms with van der Waals surface area (Å²) in [4.78, 5) is 28.1. The SMILES string of the molecule is CC[C@H](C(=O)NCC(C)C)N(Cc1ccc(C)cc1)C(=O)CN(c1ccccc1Br)S(C)(=O)=O. The molecule has 1 N–H and O–H groups in total. The van der Waals surface area contributed by atoms with E-state index in [0.717, 1.165) is 21.7 Å². The van der Waals surface area contributed by atoms with E-state index in [9.17, 15) is 18.0 Å². The third-order valence-corrected chi connectivity index (χ3v) is 7.14. The molecule has 186 valence electrons. The van der Waals surface area contributed by atoms with E-state index in [0.29, 0.717) is 23.1 Å². The first-order valence-corrected chi connectivity index (χ1v) is 13.9. The van der Waals surface area contributed by atoms with E-state index in [1.807, 2.05) is 52.0 Å². The highest BCUT2D eigenvalue weighted by atomic mass is 79.9. The van der Waals surface area contributed by atoms with Gasteiger partial charge in [-0.2, -0.15) is 0 Å². The van der Waals surface area contributed by atoms with Crippen LogP contribution in [-0.2, 0) is 26.2 Å². The Labute approximate surface area is 211 Å². The molecule has 0 fully saturated rings. The van der Waals surface area contributed by atoms with Crippen molar-refractivity contribution in [1.82, 2.24) is 10.2 Å². The van der Waals surface area contributed by atoms with Crippen molar-refractivity contribution in [2.75, 3.05) is 23.7 Å². The Kier molecular flexibility index (Phi) is 10.1. The number of aryl methyl sites for hydroxylation is 1. The Balaban J connectivity index is 2.42. The smallest absolute Gasteiger partial charge is 0.244 e. The molecular weight excluding hydrogens is 518 g/mol. The molecule has 0 heterocycles. The topological polar surface area (TPSA) is 86.8 Å². The van der Waals surface area contributed by atoms with Gasteiger partial charge in [-0.05, 0) is 52.9 Å². The van der Waals surface area contributed by atoms with Gasteiger partial charge in [0.15, 0.2) is 0 Å². The molecule has 0 aliphatic rings. The van der Waals surface area contributed by atoms with Crippen molar-refractivity contribution in [3.8, 4) is 0 Å². The quantitative estimate of drug-likeness (QED) is 0.455. The number of hydrogen-bond acceptors (Lipinski definition) is 4. The number of carbonyl (C=O) groups is 2. The number of rotatable bonds is 11. The first-order valence-electron chi connectivity index (χ1n) is 11.3. The van der Waals surface area contributed by atoms with E-state index >= 15 is 0 Å². The second-order valence-electron chi connectivity index (χ2n) is 8.79. The number of carbonyl (C=O) groups excluding carboxylic acids is 2. The van der Waals surface area contributed by atoms with Crippen LogP contribution in [0.3, 0.4) is 0 Å². The lowest BCUT2D eigenvalue weighted by Gasteiger charge is -2.33. The van der Waals surface area contributed by atoms with Crippen LogP contribution in [0.15, 0.2) is 53.0 Å². The monoisotopic (exact) mass is 551 g/mol. The van der Waals surface area contributed by atoms with E-state index in [1.54, 1.807) is 24.3 Å². The minimum absolute atomic E-state index is 0.195. The molecule has 1 atom stereocenters. The number of halogens is 1. The van der Waals surface area contributed by atoms with Crippen molar-refractivity contribution in [2.24, 2.45) is 5.92 Å². The molecule has 9 heteroatoms. The maximum absolute atomic E-state index is 13.6. The largest absolute Gasteiger partial charge is 0.354 e. The first-order chi connectivity index (χ1) is 15.9. The van der Waals surface area contributed by atoms with Crippen molar-refractivity contribution < 1.29 is 18.0 Å². The number of benzene rings is 2. The molecule has 0 spiro atoms. The van der Waals surface area contributed by atoms with Crippen LogP contribution in [0.2, 0.25) is 0 Å². The molecule has 2 aromatic carbocycles. The van der Waals surface area contributed by atoms with Crippen LogP contribution in [-0.4, -0.2) is 50.5 Å². The Morgan fingerprint density at radius 3 is 2.21 bits per heavy atom. The van der Waals surface area contributed by atoms with Gasteiger partial charge in [-0.15, -0.1) is 0 Å². The molecule has 0 unspecified atom stereocenters. The van der Waals surface area contributed by atoms with Crippen LogP contribution >= 0.6 is 15.9 Å². The molecule has 0 radical (unpaired) electrons. The van der Waals surface area contributed by atoms with Gasteiger partial charge in [0.1, 0.15) is 12.6 Å². The minimum Gasteiger partial charge on any atom is -0.354 e. The van der Waals surface area contributed by atoms with E-state index in [-0.39, 0.29) is 18.4 Å². The molecule has 0 aliphatic heterocycles. The second kappa shape index (κ2) is 12.4. The molecule has 2 rings (SSSR count). The lowest BCUT2D eigenvalue weighted by Crippen LogP contribution is -2.52. The van der Waals surface area contributed by atoms with Crippen LogP contribution in [0, 0.1) is 12.8 Å². The maximum atomic E-state index is 13.6. The van der Waals surface area contributed by atoms with Crippen LogP contribution in [0.25, 0.3) is 0 Å². The van der Waals surface area contributed by atoms with Gasteiger partial charge < -0.3 is 10.2 Å². The Morgan fingerprint density at radius 2 is 1.68 bits per heavy atom. The number of sulfonamides is 1. The highest BCUT2D eigenvalue weighted by molar-refractivity contribution is 9.10. The van der Waals surface area contributed by atoms with Gasteiger partial charge in [-0.3, -0.25) is 13.9 Å².